The minimum atomic E-state index is 0.493. The molecule has 0 aliphatic carbocycles. The van der Waals surface area contributed by atoms with Gasteiger partial charge in [0.25, 0.3) is 0 Å². The van der Waals surface area contributed by atoms with Crippen LogP contribution in [0.15, 0.2) is 36.1 Å². The summed E-state index contributed by atoms with van der Waals surface area (Å²) in [5.74, 6) is 0. The van der Waals surface area contributed by atoms with Crippen molar-refractivity contribution in [1.82, 2.24) is 10.2 Å². The van der Waals surface area contributed by atoms with Gasteiger partial charge in [-0.15, -0.1) is 0 Å². The van der Waals surface area contributed by atoms with Crippen LogP contribution in [0.3, 0.4) is 0 Å². The third-order valence-corrected chi connectivity index (χ3v) is 2.03. The first-order chi connectivity index (χ1) is 7.49. The third-order valence-electron chi connectivity index (χ3n) is 2.03. The second-order valence-corrected chi connectivity index (χ2v) is 4.01. The van der Waals surface area contributed by atoms with E-state index >= 15 is 0 Å². The smallest absolute Gasteiger partial charge is 0.0625 e. The van der Waals surface area contributed by atoms with Crippen molar-refractivity contribution >= 4 is 5.71 Å². The largest absolute Gasteiger partial charge is 0.389 e. The van der Waals surface area contributed by atoms with Crippen LogP contribution < -0.4 is 5.32 Å². The average Bonchev–Trinajstić information content (AvgIpc) is 2.16. The van der Waals surface area contributed by atoms with E-state index in [-0.39, 0.29) is 0 Å². The summed E-state index contributed by atoms with van der Waals surface area (Å²) in [6.07, 6.45) is 5.50. The van der Waals surface area contributed by atoms with E-state index in [1.165, 1.54) is 0 Å². The molecule has 0 saturated heterocycles. The van der Waals surface area contributed by atoms with Crippen LogP contribution >= 0.6 is 0 Å². The number of hydrogen-bond donors (Lipinski definition) is 2. The lowest BCUT2D eigenvalue weighted by Crippen LogP contribution is -2.24. The minimum absolute atomic E-state index is 0.493. The SMILES string of the molecule is C=C(C)/C(=C/NCCN(C)C)C(=N)/C=C\C. The van der Waals surface area contributed by atoms with E-state index in [4.69, 9.17) is 5.41 Å². The van der Waals surface area contributed by atoms with Crippen molar-refractivity contribution in [3.63, 3.8) is 0 Å². The summed E-state index contributed by atoms with van der Waals surface area (Å²) in [6.45, 7) is 9.54. The number of allylic oxidation sites excluding steroid dienone is 4. The summed E-state index contributed by atoms with van der Waals surface area (Å²) in [5.41, 5.74) is 2.25. The first kappa shape index (κ1) is 14.6. The van der Waals surface area contributed by atoms with Gasteiger partial charge in [0.1, 0.15) is 0 Å². The Morgan fingerprint density at radius 1 is 1.44 bits per heavy atom. The fourth-order valence-electron chi connectivity index (χ4n) is 1.15. The molecule has 0 aromatic heterocycles. The highest BCUT2D eigenvalue weighted by molar-refractivity contribution is 6.08. The summed E-state index contributed by atoms with van der Waals surface area (Å²) in [5, 5.41) is 11.0. The van der Waals surface area contributed by atoms with Gasteiger partial charge in [-0.25, -0.2) is 0 Å². The van der Waals surface area contributed by atoms with Gasteiger partial charge in [0.15, 0.2) is 0 Å². The van der Waals surface area contributed by atoms with E-state index in [1.807, 2.05) is 40.2 Å². The third kappa shape index (κ3) is 6.19. The lowest BCUT2D eigenvalue weighted by atomic mass is 10.1. The Kier molecular flexibility index (Phi) is 7.21. The van der Waals surface area contributed by atoms with Gasteiger partial charge in [0.05, 0.1) is 5.71 Å². The van der Waals surface area contributed by atoms with E-state index in [2.05, 4.69) is 16.8 Å². The molecule has 0 fully saturated rings. The standard InChI is InChI=1S/C13H23N3/c1-6-7-13(14)12(11(2)3)10-15-8-9-16(4)5/h6-7,10,14-15H,2,8-9H2,1,3-5H3/b7-6-,12-10-,14-13?. The maximum Gasteiger partial charge on any atom is 0.0625 e. The van der Waals surface area contributed by atoms with Crippen molar-refractivity contribution in [2.24, 2.45) is 0 Å². The van der Waals surface area contributed by atoms with Gasteiger partial charge in [0.2, 0.25) is 0 Å². The molecule has 16 heavy (non-hydrogen) atoms. The predicted molar refractivity (Wildman–Crippen MR) is 72.0 cm³/mol. The van der Waals surface area contributed by atoms with Gasteiger partial charge < -0.3 is 15.6 Å². The Morgan fingerprint density at radius 3 is 2.50 bits per heavy atom. The van der Waals surface area contributed by atoms with Crippen LogP contribution in [0, 0.1) is 5.41 Å². The summed E-state index contributed by atoms with van der Waals surface area (Å²) >= 11 is 0. The molecule has 0 unspecified atom stereocenters. The van der Waals surface area contributed by atoms with E-state index in [1.54, 1.807) is 6.08 Å². The lowest BCUT2D eigenvalue weighted by molar-refractivity contribution is 0.410. The molecule has 2 N–H and O–H groups in total. The molecule has 0 aliphatic rings. The monoisotopic (exact) mass is 221 g/mol. The predicted octanol–water partition coefficient (Wildman–Crippen LogP) is 2.19. The van der Waals surface area contributed by atoms with Crippen molar-refractivity contribution in [2.75, 3.05) is 27.2 Å². The van der Waals surface area contributed by atoms with Crippen LogP contribution in [-0.4, -0.2) is 37.8 Å². The normalized spacial score (nSPS) is 12.2. The van der Waals surface area contributed by atoms with Gasteiger partial charge in [0, 0.05) is 24.9 Å². The molecule has 0 aliphatic heterocycles. The average molecular weight is 221 g/mol. The van der Waals surface area contributed by atoms with Crippen LogP contribution in [0.5, 0.6) is 0 Å². The Bertz CT molecular complexity index is 298. The van der Waals surface area contributed by atoms with Crippen LogP contribution in [0.1, 0.15) is 13.8 Å². The Labute approximate surface area is 99.0 Å². The Balaban J connectivity index is 4.37. The molecule has 3 heteroatoms. The minimum Gasteiger partial charge on any atom is -0.389 e. The van der Waals surface area contributed by atoms with Crippen molar-refractivity contribution in [3.8, 4) is 0 Å². The first-order valence-corrected chi connectivity index (χ1v) is 5.44. The number of rotatable bonds is 7. The quantitative estimate of drug-likeness (QED) is 0.393. The topological polar surface area (TPSA) is 39.1 Å². The number of nitrogens with zero attached hydrogens (tertiary/aromatic N) is 1. The molecule has 3 nitrogen and oxygen atoms in total. The zero-order valence-electron chi connectivity index (χ0n) is 10.8. The summed E-state index contributed by atoms with van der Waals surface area (Å²) < 4.78 is 0. The van der Waals surface area contributed by atoms with E-state index in [9.17, 15) is 0 Å². The molecule has 0 aromatic carbocycles. The molecular weight excluding hydrogens is 198 g/mol. The van der Waals surface area contributed by atoms with Crippen molar-refractivity contribution in [2.45, 2.75) is 13.8 Å². The summed E-state index contributed by atoms with van der Waals surface area (Å²) in [6, 6.07) is 0. The maximum absolute atomic E-state index is 7.83. The van der Waals surface area contributed by atoms with Gasteiger partial charge in [-0.2, -0.15) is 0 Å². The molecule has 0 saturated carbocycles. The molecular formula is C13H23N3. The molecule has 0 radical (unpaired) electrons. The second-order valence-electron chi connectivity index (χ2n) is 4.01. The highest BCUT2D eigenvalue weighted by Gasteiger charge is 2.01. The highest BCUT2D eigenvalue weighted by Crippen LogP contribution is 2.08. The van der Waals surface area contributed by atoms with E-state index in [0.717, 1.165) is 24.2 Å². The summed E-state index contributed by atoms with van der Waals surface area (Å²) in [7, 11) is 4.07. The molecule has 0 spiro atoms. The van der Waals surface area contributed by atoms with Crippen molar-refractivity contribution in [3.05, 3.63) is 36.1 Å². The number of hydrogen-bond acceptors (Lipinski definition) is 3. The van der Waals surface area contributed by atoms with Gasteiger partial charge in [-0.3, -0.25) is 0 Å². The molecule has 0 rings (SSSR count). The molecule has 0 atom stereocenters. The summed E-state index contributed by atoms with van der Waals surface area (Å²) in [4.78, 5) is 2.11. The van der Waals surface area contributed by atoms with Gasteiger partial charge in [-0.1, -0.05) is 12.7 Å². The zero-order valence-corrected chi connectivity index (χ0v) is 10.8. The number of nitrogens with one attached hydrogen (secondary N) is 2. The van der Waals surface area contributed by atoms with Crippen LogP contribution in [0.2, 0.25) is 0 Å². The maximum atomic E-state index is 7.83. The first-order valence-electron chi connectivity index (χ1n) is 5.44. The van der Waals surface area contributed by atoms with Crippen LogP contribution in [-0.2, 0) is 0 Å². The van der Waals surface area contributed by atoms with Crippen molar-refractivity contribution in [1.29, 1.82) is 5.41 Å². The van der Waals surface area contributed by atoms with Crippen LogP contribution in [0.25, 0.3) is 0 Å². The van der Waals surface area contributed by atoms with E-state index < -0.39 is 0 Å². The lowest BCUT2D eigenvalue weighted by Gasteiger charge is -2.10. The zero-order chi connectivity index (χ0) is 12.6. The second kappa shape index (κ2) is 7.88. The van der Waals surface area contributed by atoms with Crippen LogP contribution in [0.4, 0.5) is 0 Å². The highest BCUT2D eigenvalue weighted by atomic mass is 15.1. The molecule has 0 aromatic rings. The van der Waals surface area contributed by atoms with Crippen molar-refractivity contribution < 1.29 is 0 Å². The molecule has 0 bridgehead atoms. The fourth-order valence-corrected chi connectivity index (χ4v) is 1.15. The fraction of sp³-hybridized carbons (Fsp3) is 0.462. The molecule has 90 valence electrons. The van der Waals surface area contributed by atoms with Gasteiger partial charge >= 0.3 is 0 Å². The van der Waals surface area contributed by atoms with E-state index in [0.29, 0.717) is 5.71 Å². The number of likely N-dealkylation sites (N-methyl/N-ethyl adjacent to an activating group) is 1. The molecule has 0 amide bonds. The molecule has 0 heterocycles. The Hall–Kier alpha value is -1.35. The van der Waals surface area contributed by atoms with Gasteiger partial charge in [-0.05, 0) is 39.6 Å². The Morgan fingerprint density at radius 2 is 2.06 bits per heavy atom.